The molecule has 5 heteroatoms. The lowest BCUT2D eigenvalue weighted by molar-refractivity contribution is 0.0902. The lowest BCUT2D eigenvalue weighted by Crippen LogP contribution is -2.28. The number of carbonyl (C=O) groups excluding carboxylic acids is 1. The Balaban J connectivity index is 2.27. The summed E-state index contributed by atoms with van der Waals surface area (Å²) < 4.78 is 1.61. The number of Topliss-reactive ketones (excluding diaryl/α,β-unsaturated/α-hetero) is 1. The Morgan fingerprint density at radius 3 is 2.65 bits per heavy atom. The van der Waals surface area contributed by atoms with Crippen LogP contribution in [0.3, 0.4) is 0 Å². The second-order valence-electron chi connectivity index (χ2n) is 4.75. The first-order valence-electron chi connectivity index (χ1n) is 6.62. The highest BCUT2D eigenvalue weighted by Gasteiger charge is 2.27. The van der Waals surface area contributed by atoms with Gasteiger partial charge in [-0.2, -0.15) is 5.10 Å². The van der Waals surface area contributed by atoms with Crippen LogP contribution in [0.25, 0.3) is 0 Å². The largest absolute Gasteiger partial charge is 0.323 e. The number of rotatable bonds is 5. The summed E-state index contributed by atoms with van der Waals surface area (Å²) >= 11 is 6.07. The first-order chi connectivity index (χ1) is 9.56. The Hall–Kier alpha value is -1.65. The van der Waals surface area contributed by atoms with E-state index in [0.717, 1.165) is 5.56 Å². The van der Waals surface area contributed by atoms with Gasteiger partial charge in [-0.25, -0.2) is 0 Å². The molecule has 1 aromatic heterocycles. The second kappa shape index (κ2) is 6.20. The minimum absolute atomic E-state index is 0.0781. The quantitative estimate of drug-likeness (QED) is 0.861. The molecule has 20 heavy (non-hydrogen) atoms. The maximum atomic E-state index is 12.6. The van der Waals surface area contributed by atoms with Gasteiger partial charge < -0.3 is 5.73 Å². The standard InChI is InChI=1S/C15H18ClN3O/c1-3-19-14(12(16)9-18-19)15(20)10(2)13(17)11-7-5-4-6-8-11/h4-10,13H,3,17H2,1-2H3. The molecule has 106 valence electrons. The van der Waals surface area contributed by atoms with Gasteiger partial charge in [0.25, 0.3) is 0 Å². The number of nitrogens with zero attached hydrogens (tertiary/aromatic N) is 2. The van der Waals surface area contributed by atoms with Crippen molar-refractivity contribution >= 4 is 17.4 Å². The molecule has 0 aliphatic rings. The summed E-state index contributed by atoms with van der Waals surface area (Å²) in [7, 11) is 0. The van der Waals surface area contributed by atoms with Crippen LogP contribution in [0, 0.1) is 5.92 Å². The molecular weight excluding hydrogens is 274 g/mol. The Kier molecular flexibility index (Phi) is 4.57. The van der Waals surface area contributed by atoms with Crippen LogP contribution in [0.2, 0.25) is 5.02 Å². The molecule has 0 fully saturated rings. The molecule has 0 spiro atoms. The van der Waals surface area contributed by atoms with Crippen molar-refractivity contribution in [2.24, 2.45) is 11.7 Å². The van der Waals surface area contributed by atoms with E-state index < -0.39 is 0 Å². The van der Waals surface area contributed by atoms with Gasteiger partial charge in [-0.1, -0.05) is 48.9 Å². The zero-order chi connectivity index (χ0) is 14.7. The molecule has 1 aromatic carbocycles. The van der Waals surface area contributed by atoms with Crippen molar-refractivity contribution in [3.8, 4) is 0 Å². The van der Waals surface area contributed by atoms with E-state index in [-0.39, 0.29) is 17.7 Å². The number of hydrogen-bond acceptors (Lipinski definition) is 3. The van der Waals surface area contributed by atoms with Crippen molar-refractivity contribution < 1.29 is 4.79 Å². The van der Waals surface area contributed by atoms with Gasteiger partial charge in [0.2, 0.25) is 0 Å². The molecule has 0 saturated heterocycles. The molecule has 2 rings (SSSR count). The smallest absolute Gasteiger partial charge is 0.187 e. The van der Waals surface area contributed by atoms with Crippen LogP contribution in [0.1, 0.15) is 35.9 Å². The van der Waals surface area contributed by atoms with Gasteiger partial charge in [0.15, 0.2) is 5.78 Å². The van der Waals surface area contributed by atoms with Crippen LogP contribution in [-0.2, 0) is 6.54 Å². The Morgan fingerprint density at radius 1 is 1.40 bits per heavy atom. The molecule has 0 bridgehead atoms. The zero-order valence-electron chi connectivity index (χ0n) is 11.6. The second-order valence-corrected chi connectivity index (χ2v) is 5.15. The highest BCUT2D eigenvalue weighted by atomic mass is 35.5. The van der Waals surface area contributed by atoms with Gasteiger partial charge in [0.1, 0.15) is 5.69 Å². The number of ketones is 1. The molecule has 1 heterocycles. The van der Waals surface area contributed by atoms with Gasteiger partial charge >= 0.3 is 0 Å². The Labute approximate surface area is 123 Å². The summed E-state index contributed by atoms with van der Waals surface area (Å²) in [5.41, 5.74) is 7.57. The average molecular weight is 292 g/mol. The van der Waals surface area contributed by atoms with Gasteiger partial charge in [0, 0.05) is 18.5 Å². The van der Waals surface area contributed by atoms with Crippen LogP contribution in [0.4, 0.5) is 0 Å². The third-order valence-corrected chi connectivity index (χ3v) is 3.74. The number of hydrogen-bond donors (Lipinski definition) is 1. The topological polar surface area (TPSA) is 60.9 Å². The summed E-state index contributed by atoms with van der Waals surface area (Å²) in [6.07, 6.45) is 1.50. The molecule has 0 saturated carbocycles. The maximum absolute atomic E-state index is 12.6. The number of halogens is 1. The summed E-state index contributed by atoms with van der Waals surface area (Å²) in [6.45, 7) is 4.34. The van der Waals surface area contributed by atoms with Gasteiger partial charge in [-0.05, 0) is 12.5 Å². The number of carbonyl (C=O) groups is 1. The van der Waals surface area contributed by atoms with E-state index in [4.69, 9.17) is 17.3 Å². The van der Waals surface area contributed by atoms with Crippen molar-refractivity contribution in [1.29, 1.82) is 0 Å². The maximum Gasteiger partial charge on any atom is 0.187 e. The molecule has 2 aromatic rings. The van der Waals surface area contributed by atoms with Gasteiger partial charge in [-0.3, -0.25) is 9.48 Å². The fourth-order valence-corrected chi connectivity index (χ4v) is 2.42. The third-order valence-electron chi connectivity index (χ3n) is 3.46. The summed E-state index contributed by atoms with van der Waals surface area (Å²) in [5.74, 6) is -0.442. The van der Waals surface area contributed by atoms with Crippen molar-refractivity contribution in [3.63, 3.8) is 0 Å². The van der Waals surface area contributed by atoms with Crippen LogP contribution >= 0.6 is 11.6 Å². The first kappa shape index (κ1) is 14.8. The summed E-state index contributed by atoms with van der Waals surface area (Å²) in [5, 5.41) is 4.47. The lowest BCUT2D eigenvalue weighted by Gasteiger charge is -2.19. The molecule has 0 aliphatic carbocycles. The Bertz CT molecular complexity index is 594. The van der Waals surface area contributed by atoms with Gasteiger partial charge in [0.05, 0.1) is 11.2 Å². The van der Waals surface area contributed by atoms with E-state index in [1.165, 1.54) is 6.20 Å². The summed E-state index contributed by atoms with van der Waals surface area (Å²) in [6, 6.07) is 9.23. The van der Waals surface area contributed by atoms with E-state index in [1.54, 1.807) is 4.68 Å². The minimum Gasteiger partial charge on any atom is -0.323 e. The van der Waals surface area contributed by atoms with E-state index in [0.29, 0.717) is 17.3 Å². The lowest BCUT2D eigenvalue weighted by atomic mass is 9.90. The average Bonchev–Trinajstić information content (AvgIpc) is 2.86. The molecule has 0 amide bonds. The van der Waals surface area contributed by atoms with Crippen molar-refractivity contribution in [3.05, 3.63) is 52.8 Å². The van der Waals surface area contributed by atoms with Crippen LogP contribution in [-0.4, -0.2) is 15.6 Å². The normalized spacial score (nSPS) is 14.0. The van der Waals surface area contributed by atoms with Crippen molar-refractivity contribution in [2.75, 3.05) is 0 Å². The van der Waals surface area contributed by atoms with Crippen LogP contribution < -0.4 is 5.73 Å². The predicted molar refractivity (Wildman–Crippen MR) is 79.8 cm³/mol. The molecule has 4 nitrogen and oxygen atoms in total. The van der Waals surface area contributed by atoms with Gasteiger partial charge in [-0.15, -0.1) is 0 Å². The monoisotopic (exact) mass is 291 g/mol. The van der Waals surface area contributed by atoms with E-state index in [1.807, 2.05) is 44.2 Å². The molecular formula is C15H18ClN3O. The molecule has 0 radical (unpaired) electrons. The van der Waals surface area contributed by atoms with Crippen molar-refractivity contribution in [2.45, 2.75) is 26.4 Å². The van der Waals surface area contributed by atoms with E-state index in [2.05, 4.69) is 5.10 Å². The molecule has 2 unspecified atom stereocenters. The fourth-order valence-electron chi connectivity index (χ4n) is 2.19. The molecule has 2 atom stereocenters. The third kappa shape index (κ3) is 2.76. The first-order valence-corrected chi connectivity index (χ1v) is 7.00. The van der Waals surface area contributed by atoms with Crippen molar-refractivity contribution in [1.82, 2.24) is 9.78 Å². The minimum atomic E-state index is -0.364. The number of benzene rings is 1. The zero-order valence-corrected chi connectivity index (χ0v) is 12.3. The van der Waals surface area contributed by atoms with Crippen LogP contribution in [0.5, 0.6) is 0 Å². The highest BCUT2D eigenvalue weighted by molar-refractivity contribution is 6.33. The summed E-state index contributed by atoms with van der Waals surface area (Å²) in [4.78, 5) is 12.6. The molecule has 0 aliphatic heterocycles. The number of nitrogens with two attached hydrogens (primary N) is 1. The number of aromatic nitrogens is 2. The SMILES string of the molecule is CCn1ncc(Cl)c1C(=O)C(C)C(N)c1ccccc1. The molecule has 2 N–H and O–H groups in total. The fraction of sp³-hybridized carbons (Fsp3) is 0.333. The number of aryl methyl sites for hydroxylation is 1. The van der Waals surface area contributed by atoms with Crippen LogP contribution in [0.15, 0.2) is 36.5 Å². The Morgan fingerprint density at radius 2 is 2.05 bits per heavy atom. The van der Waals surface area contributed by atoms with E-state index >= 15 is 0 Å². The predicted octanol–water partition coefficient (Wildman–Crippen LogP) is 3.08. The highest BCUT2D eigenvalue weighted by Crippen LogP contribution is 2.26. The van der Waals surface area contributed by atoms with E-state index in [9.17, 15) is 4.79 Å².